The van der Waals surface area contributed by atoms with Crippen molar-refractivity contribution >= 4 is 37.7 Å². The second-order valence-corrected chi connectivity index (χ2v) is 9.73. The highest BCUT2D eigenvalue weighted by atomic mass is 79.9. The first kappa shape index (κ1) is 12.8. The Bertz CT molecular complexity index is 297. The van der Waals surface area contributed by atoms with Crippen molar-refractivity contribution in [1.82, 2.24) is 4.72 Å². The van der Waals surface area contributed by atoms with E-state index in [1.54, 1.807) is 0 Å². The highest BCUT2D eigenvalue weighted by Crippen LogP contribution is 2.39. The van der Waals surface area contributed by atoms with E-state index in [9.17, 15) is 8.42 Å². The summed E-state index contributed by atoms with van der Waals surface area (Å²) < 4.78 is 26.4. The van der Waals surface area contributed by atoms with Crippen molar-refractivity contribution in [3.05, 3.63) is 0 Å². The van der Waals surface area contributed by atoms with Crippen molar-refractivity contribution in [2.45, 2.75) is 47.9 Å². The van der Waals surface area contributed by atoms with Crippen LogP contribution in [0.15, 0.2) is 0 Å². The zero-order chi connectivity index (χ0) is 11.0. The van der Waals surface area contributed by atoms with Gasteiger partial charge in [-0.05, 0) is 33.6 Å². The van der Waals surface area contributed by atoms with Gasteiger partial charge in [-0.2, -0.15) is 0 Å². The van der Waals surface area contributed by atoms with E-state index in [1.165, 1.54) is 11.8 Å². The molecule has 1 aliphatic heterocycles. The predicted molar refractivity (Wildman–Crippen MR) is 65.1 cm³/mol. The lowest BCUT2D eigenvalue weighted by Gasteiger charge is -2.22. The Morgan fingerprint density at radius 3 is 2.29 bits per heavy atom. The topological polar surface area (TPSA) is 46.2 Å². The van der Waals surface area contributed by atoms with Gasteiger partial charge in [-0.1, -0.05) is 15.9 Å². The van der Waals surface area contributed by atoms with Gasteiger partial charge in [0.05, 0.1) is 4.16 Å². The summed E-state index contributed by atoms with van der Waals surface area (Å²) in [5.74, 6) is 0. The maximum Gasteiger partial charge on any atom is 0.224 e. The minimum Gasteiger partial charge on any atom is -0.211 e. The molecule has 0 spiro atoms. The Labute approximate surface area is 98.6 Å². The van der Waals surface area contributed by atoms with Crippen molar-refractivity contribution in [3.63, 3.8) is 0 Å². The number of halogens is 1. The molecule has 1 saturated heterocycles. The second-order valence-electron chi connectivity index (χ2n) is 4.45. The van der Waals surface area contributed by atoms with Gasteiger partial charge in [0.1, 0.15) is 4.58 Å². The molecule has 0 aromatic heterocycles. The Hall–Kier alpha value is 0.740. The van der Waals surface area contributed by atoms with Crippen molar-refractivity contribution < 1.29 is 8.42 Å². The zero-order valence-electron chi connectivity index (χ0n) is 8.58. The van der Waals surface area contributed by atoms with Gasteiger partial charge in [0, 0.05) is 5.54 Å². The van der Waals surface area contributed by atoms with Crippen LogP contribution in [0.3, 0.4) is 0 Å². The highest BCUT2D eigenvalue weighted by molar-refractivity contribution is 9.11. The van der Waals surface area contributed by atoms with Crippen LogP contribution in [-0.2, 0) is 10.0 Å². The monoisotopic (exact) mass is 301 g/mol. The lowest BCUT2D eigenvalue weighted by molar-refractivity contribution is 0.489. The molecular formula is C8H16BrNO2S2. The lowest BCUT2D eigenvalue weighted by Crippen LogP contribution is -2.44. The fourth-order valence-electron chi connectivity index (χ4n) is 1.29. The summed E-state index contributed by atoms with van der Waals surface area (Å²) >= 11 is 4.90. The van der Waals surface area contributed by atoms with E-state index in [-0.39, 0.29) is 14.3 Å². The van der Waals surface area contributed by atoms with Gasteiger partial charge >= 0.3 is 0 Å². The Balaban J connectivity index is 2.67. The molecule has 0 aromatic rings. The average Bonchev–Trinajstić information content (AvgIpc) is 2.29. The number of nitrogens with one attached hydrogen (secondary N) is 1. The summed E-state index contributed by atoms with van der Waals surface area (Å²) in [4.78, 5) is 0. The van der Waals surface area contributed by atoms with Crippen LogP contribution in [0, 0.1) is 0 Å². The summed E-state index contributed by atoms with van der Waals surface area (Å²) in [6, 6.07) is 0. The molecule has 6 heteroatoms. The summed E-state index contributed by atoms with van der Waals surface area (Å²) in [5, 5.41) is 0. The van der Waals surface area contributed by atoms with Crippen LogP contribution < -0.4 is 4.72 Å². The smallest absolute Gasteiger partial charge is 0.211 e. The van der Waals surface area contributed by atoms with Crippen LogP contribution in [0.1, 0.15) is 33.6 Å². The highest BCUT2D eigenvalue weighted by Gasteiger charge is 2.35. The summed E-state index contributed by atoms with van der Waals surface area (Å²) in [7, 11) is -3.17. The third-order valence-corrected chi connectivity index (χ3v) is 6.82. The number of sulfonamides is 1. The van der Waals surface area contributed by atoms with Crippen LogP contribution in [0.2, 0.25) is 0 Å². The van der Waals surface area contributed by atoms with E-state index in [0.29, 0.717) is 0 Å². The normalized spacial score (nSPS) is 29.4. The number of alkyl halides is 1. The first-order valence-electron chi connectivity index (χ1n) is 4.53. The molecule has 14 heavy (non-hydrogen) atoms. The Morgan fingerprint density at radius 2 is 1.93 bits per heavy atom. The molecule has 2 unspecified atom stereocenters. The largest absolute Gasteiger partial charge is 0.224 e. The van der Waals surface area contributed by atoms with Crippen molar-refractivity contribution in [2.24, 2.45) is 0 Å². The molecule has 0 aromatic carbocycles. The fourth-order valence-corrected chi connectivity index (χ4v) is 6.20. The molecule has 1 N–H and O–H groups in total. The van der Waals surface area contributed by atoms with Crippen LogP contribution >= 0.6 is 27.7 Å². The zero-order valence-corrected chi connectivity index (χ0v) is 11.8. The summed E-state index contributed by atoms with van der Waals surface area (Å²) in [5.41, 5.74) is -0.385. The lowest BCUT2D eigenvalue weighted by atomic mass is 10.1. The van der Waals surface area contributed by atoms with Crippen molar-refractivity contribution in [3.8, 4) is 0 Å². The third-order valence-electron chi connectivity index (χ3n) is 1.72. The van der Waals surface area contributed by atoms with E-state index in [1.807, 2.05) is 20.8 Å². The summed E-state index contributed by atoms with van der Waals surface area (Å²) in [6.07, 6.45) is 1.65. The fraction of sp³-hybridized carbons (Fsp3) is 1.00. The Morgan fingerprint density at radius 1 is 1.36 bits per heavy atom. The van der Waals surface area contributed by atoms with Gasteiger partial charge < -0.3 is 0 Å². The van der Waals surface area contributed by atoms with Crippen molar-refractivity contribution in [2.75, 3.05) is 0 Å². The van der Waals surface area contributed by atoms with Gasteiger partial charge in [-0.15, -0.1) is 11.8 Å². The van der Waals surface area contributed by atoms with E-state index in [4.69, 9.17) is 0 Å². The van der Waals surface area contributed by atoms with Crippen LogP contribution in [0.25, 0.3) is 0 Å². The van der Waals surface area contributed by atoms with Crippen molar-refractivity contribution in [1.29, 1.82) is 0 Å². The molecule has 2 atom stereocenters. The molecule has 0 bridgehead atoms. The third kappa shape index (κ3) is 3.72. The minimum absolute atomic E-state index is 0.282. The maximum absolute atomic E-state index is 11.8. The molecule has 0 saturated carbocycles. The van der Waals surface area contributed by atoms with Crippen LogP contribution in [0.5, 0.6) is 0 Å². The van der Waals surface area contributed by atoms with Gasteiger partial charge in [0.25, 0.3) is 0 Å². The first-order valence-corrected chi connectivity index (χ1v) is 7.93. The van der Waals surface area contributed by atoms with E-state index >= 15 is 0 Å². The number of hydrogen-bond acceptors (Lipinski definition) is 3. The average molecular weight is 302 g/mol. The number of hydrogen-bond donors (Lipinski definition) is 1. The Kier molecular flexibility index (Phi) is 3.95. The summed E-state index contributed by atoms with van der Waals surface area (Å²) in [6.45, 7) is 5.57. The molecule has 0 radical (unpaired) electrons. The predicted octanol–water partition coefficient (Wildman–Crippen LogP) is 2.28. The molecule has 0 aliphatic carbocycles. The van der Waals surface area contributed by atoms with E-state index in [2.05, 4.69) is 20.7 Å². The SMILES string of the molecule is CC(C)(C)NS(=O)(=O)C1CCC(Br)S1. The van der Waals surface area contributed by atoms with E-state index < -0.39 is 10.0 Å². The second kappa shape index (κ2) is 4.31. The molecule has 0 amide bonds. The standard InChI is InChI=1S/C8H16BrNO2S2/c1-8(2,3)10-14(11,12)7-5-4-6(9)13-7/h6-7,10H,4-5H2,1-3H3. The van der Waals surface area contributed by atoms with Crippen LogP contribution in [-0.4, -0.2) is 22.7 Å². The molecule has 1 fully saturated rings. The molecular weight excluding hydrogens is 286 g/mol. The molecule has 1 aliphatic rings. The van der Waals surface area contributed by atoms with Crippen LogP contribution in [0.4, 0.5) is 0 Å². The quantitative estimate of drug-likeness (QED) is 0.796. The number of thioether (sulfide) groups is 1. The van der Waals surface area contributed by atoms with Gasteiger partial charge in [0.15, 0.2) is 0 Å². The molecule has 84 valence electrons. The minimum atomic E-state index is -3.17. The number of rotatable bonds is 2. The van der Waals surface area contributed by atoms with Gasteiger partial charge in [0.2, 0.25) is 10.0 Å². The van der Waals surface area contributed by atoms with Gasteiger partial charge in [-0.3, -0.25) is 0 Å². The van der Waals surface area contributed by atoms with Gasteiger partial charge in [-0.25, -0.2) is 13.1 Å². The van der Waals surface area contributed by atoms with E-state index in [0.717, 1.165) is 12.8 Å². The molecule has 3 nitrogen and oxygen atoms in total. The first-order chi connectivity index (χ1) is 6.21. The molecule has 1 rings (SSSR count). The molecule has 1 heterocycles. The maximum atomic E-state index is 11.8.